The van der Waals surface area contributed by atoms with E-state index in [-0.39, 0.29) is 24.8 Å². The molecule has 0 radical (unpaired) electrons. The first-order valence-electron chi connectivity index (χ1n) is 10.7. The molecule has 2 heterocycles. The third-order valence-corrected chi connectivity index (χ3v) is 6.86. The van der Waals surface area contributed by atoms with E-state index in [1.54, 1.807) is 43.3 Å². The highest BCUT2D eigenvalue weighted by Gasteiger charge is 2.35. The maximum absolute atomic E-state index is 13.7. The van der Waals surface area contributed by atoms with E-state index < -0.39 is 27.6 Å². The topological polar surface area (TPSA) is 116 Å². The van der Waals surface area contributed by atoms with Crippen molar-refractivity contribution in [3.63, 3.8) is 0 Å². The van der Waals surface area contributed by atoms with Crippen LogP contribution in [-0.2, 0) is 34.0 Å². The third kappa shape index (κ3) is 5.20. The van der Waals surface area contributed by atoms with Crippen molar-refractivity contribution in [1.82, 2.24) is 9.97 Å². The van der Waals surface area contributed by atoms with E-state index in [0.29, 0.717) is 34.4 Å². The van der Waals surface area contributed by atoms with Crippen LogP contribution in [0.15, 0.2) is 42.6 Å². The van der Waals surface area contributed by atoms with Gasteiger partial charge in [-0.2, -0.15) is 18.2 Å². The summed E-state index contributed by atoms with van der Waals surface area (Å²) in [6, 6.07) is 10.2. The molecular weight excluding hydrogens is 497 g/mol. The number of para-hydroxylation sites is 2. The highest BCUT2D eigenvalue weighted by Crippen LogP contribution is 2.36. The summed E-state index contributed by atoms with van der Waals surface area (Å²) in [4.78, 5) is 19.6. The second-order valence-corrected chi connectivity index (χ2v) is 10.3. The standard InChI is InChI=1S/C23H23F3N6O3S/c1-13-6-4-8-15(20(13)32(2)36(3,34)35)11-27-21-16(23(24,25)26)12-28-22(31-21)29-17-9-5-7-14-10-18(33)30-19(14)17/h4-9,12H,10-11H2,1-3H3,(H,30,33)(H2,27,28,29,31). The summed E-state index contributed by atoms with van der Waals surface area (Å²) >= 11 is 0. The fourth-order valence-corrected chi connectivity index (χ4v) is 4.51. The maximum Gasteiger partial charge on any atom is 0.421 e. The number of aryl methyl sites for hydroxylation is 1. The molecule has 9 nitrogen and oxygen atoms in total. The number of anilines is 5. The zero-order valence-electron chi connectivity index (χ0n) is 19.6. The Bertz CT molecular complexity index is 1440. The number of carbonyl (C=O) groups excluding carboxylic acids is 1. The molecule has 1 aliphatic heterocycles. The van der Waals surface area contributed by atoms with Crippen LogP contribution in [0.2, 0.25) is 0 Å². The summed E-state index contributed by atoms with van der Waals surface area (Å²) < 4.78 is 66.4. The van der Waals surface area contributed by atoms with Gasteiger partial charge in [-0.3, -0.25) is 9.10 Å². The Morgan fingerprint density at radius 3 is 2.58 bits per heavy atom. The number of hydrogen-bond donors (Lipinski definition) is 3. The molecule has 1 aromatic heterocycles. The van der Waals surface area contributed by atoms with Crippen molar-refractivity contribution in [1.29, 1.82) is 0 Å². The van der Waals surface area contributed by atoms with Crippen LogP contribution < -0.4 is 20.3 Å². The molecular formula is C23H23F3N6O3S. The monoisotopic (exact) mass is 520 g/mol. The minimum absolute atomic E-state index is 0.113. The molecule has 3 N–H and O–H groups in total. The first kappa shape index (κ1) is 25.2. The average molecular weight is 521 g/mol. The molecule has 3 aromatic rings. The number of carbonyl (C=O) groups is 1. The Balaban J connectivity index is 1.67. The molecule has 0 atom stereocenters. The van der Waals surface area contributed by atoms with E-state index in [4.69, 9.17) is 0 Å². The fourth-order valence-electron chi connectivity index (χ4n) is 3.92. The number of rotatable bonds is 7. The van der Waals surface area contributed by atoms with Crippen molar-refractivity contribution in [3.05, 3.63) is 64.8 Å². The number of halogens is 3. The third-order valence-electron chi connectivity index (χ3n) is 5.69. The van der Waals surface area contributed by atoms with Gasteiger partial charge in [-0.25, -0.2) is 13.4 Å². The summed E-state index contributed by atoms with van der Waals surface area (Å²) in [7, 11) is -2.22. The quantitative estimate of drug-likeness (QED) is 0.430. The van der Waals surface area contributed by atoms with Crippen LogP contribution in [-0.4, -0.2) is 37.6 Å². The molecule has 1 aliphatic rings. The van der Waals surface area contributed by atoms with Crippen LogP contribution in [0.3, 0.4) is 0 Å². The Hall–Kier alpha value is -3.87. The smallest absolute Gasteiger partial charge is 0.365 e. The lowest BCUT2D eigenvalue weighted by atomic mass is 10.1. The largest absolute Gasteiger partial charge is 0.421 e. The van der Waals surface area contributed by atoms with Crippen molar-refractivity contribution >= 4 is 44.8 Å². The molecule has 36 heavy (non-hydrogen) atoms. The number of fused-ring (bicyclic) bond motifs is 1. The first-order valence-corrected chi connectivity index (χ1v) is 12.6. The van der Waals surface area contributed by atoms with Gasteiger partial charge in [-0.15, -0.1) is 0 Å². The zero-order valence-corrected chi connectivity index (χ0v) is 20.4. The van der Waals surface area contributed by atoms with Crippen molar-refractivity contribution in [3.8, 4) is 0 Å². The number of sulfonamides is 1. The van der Waals surface area contributed by atoms with Gasteiger partial charge in [0.25, 0.3) is 0 Å². The molecule has 190 valence electrons. The molecule has 13 heteroatoms. The van der Waals surface area contributed by atoms with Crippen molar-refractivity contribution in [2.75, 3.05) is 33.6 Å². The minimum atomic E-state index is -4.73. The summed E-state index contributed by atoms with van der Waals surface area (Å²) in [6.07, 6.45) is -2.82. The predicted octanol–water partition coefficient (Wildman–Crippen LogP) is 4.05. The van der Waals surface area contributed by atoms with Crippen LogP contribution in [0.4, 0.5) is 42.0 Å². The number of hydrogen-bond acceptors (Lipinski definition) is 7. The van der Waals surface area contributed by atoms with Crippen molar-refractivity contribution < 1.29 is 26.4 Å². The molecule has 2 aromatic carbocycles. The zero-order chi connectivity index (χ0) is 26.3. The van der Waals surface area contributed by atoms with Gasteiger partial charge in [0.2, 0.25) is 21.9 Å². The number of aromatic nitrogens is 2. The molecule has 0 fully saturated rings. The second-order valence-electron chi connectivity index (χ2n) is 8.31. The second kappa shape index (κ2) is 9.30. The summed E-state index contributed by atoms with van der Waals surface area (Å²) in [5, 5.41) is 8.27. The Kier molecular flexibility index (Phi) is 6.52. The van der Waals surface area contributed by atoms with E-state index in [0.717, 1.165) is 16.1 Å². The van der Waals surface area contributed by atoms with E-state index in [2.05, 4.69) is 25.9 Å². The van der Waals surface area contributed by atoms with Crippen LogP contribution in [0.5, 0.6) is 0 Å². The molecule has 0 bridgehead atoms. The highest BCUT2D eigenvalue weighted by molar-refractivity contribution is 7.92. The van der Waals surface area contributed by atoms with Crippen molar-refractivity contribution in [2.45, 2.75) is 26.1 Å². The Morgan fingerprint density at radius 1 is 1.17 bits per heavy atom. The van der Waals surface area contributed by atoms with E-state index >= 15 is 0 Å². The van der Waals surface area contributed by atoms with Gasteiger partial charge in [0.1, 0.15) is 11.4 Å². The predicted molar refractivity (Wildman–Crippen MR) is 131 cm³/mol. The first-order chi connectivity index (χ1) is 16.8. The number of alkyl halides is 3. The van der Waals surface area contributed by atoms with Crippen LogP contribution in [0.1, 0.15) is 22.3 Å². The summed E-state index contributed by atoms with van der Waals surface area (Å²) in [6.45, 7) is 1.58. The summed E-state index contributed by atoms with van der Waals surface area (Å²) in [5.41, 5.74) is 2.11. The molecule has 0 saturated carbocycles. The van der Waals surface area contributed by atoms with Gasteiger partial charge in [0, 0.05) is 19.8 Å². The molecule has 1 amide bonds. The lowest BCUT2D eigenvalue weighted by Gasteiger charge is -2.23. The van der Waals surface area contributed by atoms with Gasteiger partial charge >= 0.3 is 6.18 Å². The number of benzene rings is 2. The normalized spacial score (nSPS) is 13.2. The van der Waals surface area contributed by atoms with Gasteiger partial charge in [-0.05, 0) is 29.7 Å². The lowest BCUT2D eigenvalue weighted by molar-refractivity contribution is -0.137. The van der Waals surface area contributed by atoms with Gasteiger partial charge < -0.3 is 16.0 Å². The van der Waals surface area contributed by atoms with Crippen LogP contribution in [0, 0.1) is 6.92 Å². The molecule has 0 aliphatic carbocycles. The number of nitrogens with zero attached hydrogens (tertiary/aromatic N) is 3. The molecule has 4 rings (SSSR count). The van der Waals surface area contributed by atoms with Crippen LogP contribution >= 0.6 is 0 Å². The SMILES string of the molecule is Cc1cccc(CNc2nc(Nc3cccc4c3NC(=O)C4)ncc2C(F)(F)F)c1N(C)S(C)(=O)=O. The Labute approximate surface area is 205 Å². The fraction of sp³-hybridized carbons (Fsp3) is 0.261. The molecule has 0 spiro atoms. The number of amides is 1. The van der Waals surface area contributed by atoms with E-state index in [9.17, 15) is 26.4 Å². The van der Waals surface area contributed by atoms with Gasteiger partial charge in [0.05, 0.1) is 29.7 Å². The average Bonchev–Trinajstić information content (AvgIpc) is 3.17. The number of nitrogens with one attached hydrogen (secondary N) is 3. The highest BCUT2D eigenvalue weighted by atomic mass is 32.2. The van der Waals surface area contributed by atoms with Crippen molar-refractivity contribution in [2.24, 2.45) is 0 Å². The van der Waals surface area contributed by atoms with Gasteiger partial charge in [0.15, 0.2) is 0 Å². The maximum atomic E-state index is 13.7. The summed E-state index contributed by atoms with van der Waals surface area (Å²) in [5.74, 6) is -0.785. The molecule has 0 unspecified atom stereocenters. The van der Waals surface area contributed by atoms with Crippen LogP contribution in [0.25, 0.3) is 0 Å². The van der Waals surface area contributed by atoms with E-state index in [1.807, 2.05) is 0 Å². The van der Waals surface area contributed by atoms with E-state index in [1.165, 1.54) is 7.05 Å². The minimum Gasteiger partial charge on any atom is -0.365 e. The molecule has 0 saturated heterocycles. The van der Waals surface area contributed by atoms with Gasteiger partial charge in [-0.1, -0.05) is 30.3 Å². The lowest BCUT2D eigenvalue weighted by Crippen LogP contribution is -2.27. The Morgan fingerprint density at radius 2 is 1.89 bits per heavy atom.